The van der Waals surface area contributed by atoms with Gasteiger partial charge in [0.15, 0.2) is 0 Å². The smallest absolute Gasteiger partial charge is 0.273 e. The Kier molecular flexibility index (Phi) is 31.6. The van der Waals surface area contributed by atoms with Gasteiger partial charge in [-0.15, -0.1) is 0 Å². The molecule has 0 amide bonds. The number of nitrogens with two attached hydrogens (primary N) is 1. The van der Waals surface area contributed by atoms with Gasteiger partial charge in [-0.1, -0.05) is 24.3 Å². The molecule has 0 bridgehead atoms. The predicted octanol–water partition coefficient (Wildman–Crippen LogP) is 15.7. The fourth-order valence-corrected chi connectivity index (χ4v) is 18.6. The van der Waals surface area contributed by atoms with E-state index in [-0.39, 0.29) is 53.8 Å². The molecule has 17 rings (SSSR count). The van der Waals surface area contributed by atoms with Crippen molar-refractivity contribution in [2.24, 2.45) is 0 Å². The van der Waals surface area contributed by atoms with E-state index in [1.54, 1.807) is 123 Å². The number of nitrogens with zero attached hydrogens (tertiary/aromatic N) is 18. The largest absolute Gasteiger partial charge is 0.398 e. The summed E-state index contributed by atoms with van der Waals surface area (Å²) in [4.78, 5) is 63.4. The monoisotopic (exact) mass is 1970 g/mol. The van der Waals surface area contributed by atoms with Gasteiger partial charge >= 0.3 is 0 Å². The maximum absolute atomic E-state index is 13.7. The van der Waals surface area contributed by atoms with Gasteiger partial charge in [-0.3, -0.25) is 34.4 Å². The number of anilines is 9. The molecule has 0 atom stereocenters. The number of nitro groups is 2. The molecule has 35 nitrogen and oxygen atoms in total. The van der Waals surface area contributed by atoms with Crippen LogP contribution in [-0.4, -0.2) is 206 Å². The molecule has 0 radical (unpaired) electrons. The molecule has 0 saturated carbocycles. The lowest BCUT2D eigenvalue weighted by Gasteiger charge is -2.34. The van der Waals surface area contributed by atoms with Gasteiger partial charge in [-0.25, -0.2) is 77.3 Å². The molecule has 0 unspecified atom stereocenters. The average molecular weight is 1970 g/mol. The Morgan fingerprint density at radius 1 is 0.382 bits per heavy atom. The molecule has 6 N–H and O–H groups in total. The Bertz CT molecular complexity index is 7190. The van der Waals surface area contributed by atoms with Gasteiger partial charge in [0, 0.05) is 183 Å². The van der Waals surface area contributed by atoms with Crippen LogP contribution in [0.1, 0.15) is 39.3 Å². The van der Waals surface area contributed by atoms with Gasteiger partial charge < -0.3 is 54.2 Å². The normalized spacial score (nSPS) is 13.9. The van der Waals surface area contributed by atoms with Gasteiger partial charge in [0.2, 0.25) is 11.2 Å². The number of nitro benzene ring substituents is 2. The number of aromatic nitrogens is 10. The lowest BCUT2D eigenvalue weighted by molar-refractivity contribution is -0.385. The number of imidazole rings is 3. The van der Waals surface area contributed by atoms with Crippen molar-refractivity contribution in [3.05, 3.63) is 315 Å². The topological polar surface area (TPSA) is 421 Å². The lowest BCUT2D eigenvalue weighted by Crippen LogP contribution is -2.44. The zero-order valence-electron chi connectivity index (χ0n) is 75.7. The fraction of sp³-hybridized carbons (Fsp3) is 0.237. The highest BCUT2D eigenvalue weighted by Gasteiger charge is 2.27. The number of hydrogen-bond acceptors (Lipinski definition) is 27. The van der Waals surface area contributed by atoms with Gasteiger partial charge in [0.1, 0.15) is 11.6 Å². The van der Waals surface area contributed by atoms with Crippen molar-refractivity contribution in [2.75, 3.05) is 140 Å². The van der Waals surface area contributed by atoms with Crippen LogP contribution in [0, 0.1) is 80.3 Å². The molecular formula is C93H99Cl2F2N23O12S4. The van der Waals surface area contributed by atoms with Crippen LogP contribution >= 0.6 is 22.3 Å². The summed E-state index contributed by atoms with van der Waals surface area (Å²) in [6.07, 6.45) is 14.0. The van der Waals surface area contributed by atoms with E-state index in [0.29, 0.717) is 51.0 Å². The first-order chi connectivity index (χ1) is 64.5. The standard InChI is InChI=1S/C32H33FN8O2S.C22H26N6O4S.C22H28N6O2S.C10H6ClFN2.C7H6ClNO4S/c1-22-4-9-29(19-31(22)37-32-34-11-10-30(36-32)24-5-7-25(33)8-6-24)44(42,43)38-26-16-27(40-14-12-39(3)13-15-40)18-28(17-26)41-20-23(2)35-21-41;1-16-4-5-21(13-22(16)28(29)30)33(31,32)24-18-10-19(26-8-6-25(3)7-9-26)12-20(11-18)27-14-17(2)23-15-27;1-16-4-5-21(13-22(16)23)31(29,30)25-18-10-19(27-8-6-26(3)7-9-27)12-20(11-18)28-14-17(2)24-15-28;11-10-13-6-5-9(14-10)7-1-3-8(12)4-2-7;1-5-2-3-6(14(8,12)13)4-7(5)9(10)11/h4-11,16-21,38H,12-15H2,1-3H3,(H,34,36,37);4-5,10-15,24H,6-9H2,1-3H3;4-5,10-15,25H,6-9,23H2,1-3H3;1-6H;2-4H,1H3. The molecule has 8 heterocycles. The summed E-state index contributed by atoms with van der Waals surface area (Å²) in [5, 5.41) is 25.1. The maximum Gasteiger partial charge on any atom is 0.273 e. The predicted molar refractivity (Wildman–Crippen MR) is 525 cm³/mol. The minimum absolute atomic E-state index is 0.0883. The molecule has 0 spiro atoms. The number of sulfonamides is 3. The van der Waals surface area contributed by atoms with Crippen LogP contribution in [0.4, 0.5) is 71.6 Å². The molecule has 0 aliphatic carbocycles. The van der Waals surface area contributed by atoms with Crippen LogP contribution < -0.4 is 39.9 Å². The summed E-state index contributed by atoms with van der Waals surface area (Å²) in [6, 6.07) is 49.6. The summed E-state index contributed by atoms with van der Waals surface area (Å²) in [5.41, 5.74) is 20.8. The van der Waals surface area contributed by atoms with Gasteiger partial charge in [0.25, 0.3) is 50.5 Å². The van der Waals surface area contributed by atoms with Crippen molar-refractivity contribution in [2.45, 2.75) is 68.0 Å². The first-order valence-corrected chi connectivity index (χ1v) is 49.6. The SMILES string of the molecule is Cc1ccc(S(=O)(=O)Cl)cc1[N+](=O)[O-].Cc1cn(-c2cc(NS(=O)(=O)c3ccc(C)c(N)c3)cc(N3CCN(C)CC3)c2)cn1.Cc1cn(-c2cc(NS(=O)(=O)c3ccc(C)c(Nc4nccc(-c5ccc(F)cc5)n4)c3)cc(N3CCN(C)CC3)c2)cn1.Cc1cn(-c2cc(NS(=O)(=O)c3ccc(C)c([N+](=O)[O-])c3)cc(N3CCN(C)CC3)c2)cn1.Fc1ccc(-c2ccnc(Cl)n2)cc1. The maximum atomic E-state index is 13.7. The molecule has 3 saturated heterocycles. The molecule has 14 aromatic rings. The quantitative estimate of drug-likeness (QED) is 0.0138. The third-order valence-corrected chi connectivity index (χ3v) is 28.0. The van der Waals surface area contributed by atoms with E-state index in [9.17, 15) is 62.7 Å². The summed E-state index contributed by atoms with van der Waals surface area (Å²) in [6.45, 7) is 23.2. The Labute approximate surface area is 796 Å². The van der Waals surface area contributed by atoms with E-state index >= 15 is 0 Å². The number of nitrogens with one attached hydrogen (secondary N) is 4. The Hall–Kier alpha value is -13.9. The Balaban J connectivity index is 0.000000153. The zero-order chi connectivity index (χ0) is 97.7. The first-order valence-electron chi connectivity index (χ1n) is 42.4. The fourth-order valence-electron chi connectivity index (χ4n) is 14.5. The number of hydrogen-bond donors (Lipinski definition) is 5. The van der Waals surface area contributed by atoms with Crippen LogP contribution in [0.25, 0.3) is 39.6 Å². The summed E-state index contributed by atoms with van der Waals surface area (Å²) in [7, 11) is -4.39. The number of benzene rings is 9. The van der Waals surface area contributed by atoms with Gasteiger partial charge in [-0.05, 0) is 244 Å². The molecule has 5 aromatic heterocycles. The van der Waals surface area contributed by atoms with Crippen molar-refractivity contribution in [1.82, 2.24) is 63.3 Å². The molecule has 710 valence electrons. The van der Waals surface area contributed by atoms with E-state index < -0.39 is 49.0 Å². The number of likely N-dealkylation sites (N-methyl/N-ethyl adjacent to an activating group) is 3. The Morgan fingerprint density at radius 3 is 1.07 bits per heavy atom. The van der Waals surface area contributed by atoms with Crippen molar-refractivity contribution in [3.8, 4) is 39.6 Å². The summed E-state index contributed by atoms with van der Waals surface area (Å²) < 4.78 is 141. The third kappa shape index (κ3) is 26.4. The minimum atomic E-state index is -4.04. The average Bonchev–Trinajstić information content (AvgIpc) is 0.955. The summed E-state index contributed by atoms with van der Waals surface area (Å²) in [5.74, 6) is -0.311. The zero-order valence-corrected chi connectivity index (χ0v) is 80.5. The van der Waals surface area contributed by atoms with E-state index in [2.05, 4.69) is 117 Å². The molecular weight excluding hydrogens is 1870 g/mol. The molecule has 3 aliphatic heterocycles. The van der Waals surface area contributed by atoms with E-state index in [1.807, 2.05) is 91.2 Å². The van der Waals surface area contributed by atoms with Crippen molar-refractivity contribution in [1.29, 1.82) is 0 Å². The second-order valence-corrected chi connectivity index (χ2v) is 40.6. The van der Waals surface area contributed by atoms with Crippen LogP contribution in [0.3, 0.4) is 0 Å². The van der Waals surface area contributed by atoms with Crippen molar-refractivity contribution in [3.63, 3.8) is 0 Å². The van der Waals surface area contributed by atoms with Crippen LogP contribution in [-0.2, 0) is 39.1 Å². The number of nitrogen functional groups attached to an aromatic ring is 1. The van der Waals surface area contributed by atoms with Crippen LogP contribution in [0.2, 0.25) is 5.28 Å². The van der Waals surface area contributed by atoms with E-state index in [4.69, 9.17) is 28.0 Å². The second-order valence-electron chi connectivity index (χ2n) is 32.6. The van der Waals surface area contributed by atoms with E-state index in [0.717, 1.165) is 164 Å². The highest BCUT2D eigenvalue weighted by molar-refractivity contribution is 8.13. The van der Waals surface area contributed by atoms with Gasteiger partial charge in [-0.2, -0.15) is 0 Å². The number of halogens is 4. The third-order valence-electron chi connectivity index (χ3n) is 22.3. The highest BCUT2D eigenvalue weighted by Crippen LogP contribution is 2.36. The number of aryl methyl sites for hydroxylation is 7. The molecule has 3 fully saturated rings. The number of piperazine rings is 3. The highest BCUT2D eigenvalue weighted by atomic mass is 35.7. The van der Waals surface area contributed by atoms with Gasteiger partial charge in [0.05, 0.1) is 111 Å². The van der Waals surface area contributed by atoms with Crippen molar-refractivity contribution >= 4 is 124 Å². The van der Waals surface area contributed by atoms with Crippen molar-refractivity contribution < 1.29 is 52.3 Å². The van der Waals surface area contributed by atoms with Crippen LogP contribution in [0.5, 0.6) is 0 Å². The van der Waals surface area contributed by atoms with E-state index in [1.165, 1.54) is 61.5 Å². The molecule has 43 heteroatoms. The number of rotatable bonds is 22. The molecule has 9 aromatic carbocycles. The first kappa shape index (κ1) is 99.6. The van der Waals surface area contributed by atoms with Crippen LogP contribution in [0.15, 0.2) is 258 Å². The lowest BCUT2D eigenvalue weighted by atomic mass is 10.1. The molecule has 3 aliphatic rings. The molecule has 136 heavy (non-hydrogen) atoms. The Morgan fingerprint density at radius 2 is 0.713 bits per heavy atom. The summed E-state index contributed by atoms with van der Waals surface area (Å²) >= 11 is 5.63. The second kappa shape index (κ2) is 43.2. The minimum Gasteiger partial charge on any atom is -0.398 e.